The second kappa shape index (κ2) is 51.7. The fourth-order valence-electron chi connectivity index (χ4n) is 6.89. The molecule has 2 N–H and O–H groups in total. The molecule has 0 aliphatic heterocycles. The van der Waals surface area contributed by atoms with Crippen molar-refractivity contribution < 1.29 is 52.2 Å². The smallest absolute Gasteiger partial charge is 0.462 e. The molecule has 0 aromatic rings. The number of phosphoric acid groups is 1. The molecule has 0 aromatic carbocycles. The van der Waals surface area contributed by atoms with Gasteiger partial charge < -0.3 is 24.2 Å². The molecular formula is C58H97O11P. The minimum atomic E-state index is -4.76. The lowest BCUT2D eigenvalue weighted by Gasteiger charge is -2.21. The van der Waals surface area contributed by atoms with Crippen LogP contribution in [0.5, 0.6) is 0 Å². The summed E-state index contributed by atoms with van der Waals surface area (Å²) in [5.74, 6) is -1.53. The van der Waals surface area contributed by atoms with Gasteiger partial charge in [0.25, 0.3) is 0 Å². The van der Waals surface area contributed by atoms with Gasteiger partial charge in [0.05, 0.1) is 19.8 Å². The molecule has 0 radical (unpaired) electrons. The molecule has 0 amide bonds. The van der Waals surface area contributed by atoms with Gasteiger partial charge in [-0.3, -0.25) is 23.4 Å². The number of rotatable bonds is 49. The lowest BCUT2D eigenvalue weighted by Crippen LogP contribution is -2.30. The molecule has 0 bridgehead atoms. The van der Waals surface area contributed by atoms with Crippen molar-refractivity contribution in [2.24, 2.45) is 0 Å². The van der Waals surface area contributed by atoms with Crippen LogP contribution in [0.1, 0.15) is 213 Å². The predicted octanol–water partition coefficient (Wildman–Crippen LogP) is 15.7. The molecular weight excluding hydrogens is 904 g/mol. The average molecular weight is 1000 g/mol. The Morgan fingerprint density at radius 2 is 0.743 bits per heavy atom. The van der Waals surface area contributed by atoms with Gasteiger partial charge in [0.15, 0.2) is 6.10 Å². The first-order valence-corrected chi connectivity index (χ1v) is 28.6. The quantitative estimate of drug-likeness (QED) is 0.0197. The Morgan fingerprint density at radius 3 is 1.16 bits per heavy atom. The van der Waals surface area contributed by atoms with Crippen LogP contribution < -0.4 is 0 Å². The Morgan fingerprint density at radius 1 is 0.414 bits per heavy atom. The largest absolute Gasteiger partial charge is 0.472 e. The number of esters is 3. The predicted molar refractivity (Wildman–Crippen MR) is 288 cm³/mol. The first-order valence-electron chi connectivity index (χ1n) is 27.1. The molecule has 3 atom stereocenters. The van der Waals surface area contributed by atoms with E-state index in [2.05, 4.69) is 118 Å². The third kappa shape index (κ3) is 49.4. The zero-order chi connectivity index (χ0) is 51.3. The monoisotopic (exact) mass is 1000 g/mol. The summed E-state index contributed by atoms with van der Waals surface area (Å²) in [6, 6.07) is 0. The van der Waals surface area contributed by atoms with E-state index in [1.165, 1.54) is 12.8 Å². The number of unbranched alkanes of at least 4 members (excludes halogenated alkanes) is 16. The lowest BCUT2D eigenvalue weighted by atomic mass is 10.1. The van der Waals surface area contributed by atoms with Crippen LogP contribution in [0.25, 0.3) is 0 Å². The number of aliphatic hydroxyl groups is 1. The van der Waals surface area contributed by atoms with E-state index in [9.17, 15) is 28.9 Å². The van der Waals surface area contributed by atoms with E-state index in [-0.39, 0.29) is 25.9 Å². The molecule has 0 spiro atoms. The van der Waals surface area contributed by atoms with Crippen LogP contribution in [0.4, 0.5) is 0 Å². The van der Waals surface area contributed by atoms with Gasteiger partial charge in [-0.15, -0.1) is 0 Å². The number of phosphoric ester groups is 1. The van der Waals surface area contributed by atoms with E-state index < -0.39 is 57.8 Å². The van der Waals surface area contributed by atoms with Crippen molar-refractivity contribution in [2.45, 2.75) is 226 Å². The van der Waals surface area contributed by atoms with Crippen molar-refractivity contribution in [2.75, 3.05) is 26.4 Å². The molecule has 0 heterocycles. The minimum absolute atomic E-state index is 0.125. The molecule has 0 aromatic heterocycles. The van der Waals surface area contributed by atoms with Crippen LogP contribution >= 0.6 is 7.82 Å². The Balaban J connectivity index is 4.79. The van der Waals surface area contributed by atoms with Gasteiger partial charge in [0, 0.05) is 19.3 Å². The molecule has 0 rings (SSSR count). The number of carbonyl (C=O) groups is 3. The van der Waals surface area contributed by atoms with Crippen molar-refractivity contribution in [3.05, 3.63) is 97.2 Å². The number of aliphatic hydroxyl groups excluding tert-OH is 1. The molecule has 400 valence electrons. The number of ether oxygens (including phenoxy) is 3. The summed E-state index contributed by atoms with van der Waals surface area (Å²) in [7, 11) is -4.76. The van der Waals surface area contributed by atoms with Crippen molar-refractivity contribution in [3.63, 3.8) is 0 Å². The van der Waals surface area contributed by atoms with Crippen LogP contribution in [0.15, 0.2) is 97.2 Å². The summed E-state index contributed by atoms with van der Waals surface area (Å²) in [5, 5.41) is 9.78. The number of carbonyl (C=O) groups excluding carboxylic acids is 3. The maximum atomic E-state index is 12.9. The van der Waals surface area contributed by atoms with Crippen LogP contribution in [0, 0.1) is 0 Å². The third-order valence-corrected chi connectivity index (χ3v) is 11.9. The number of allylic oxidation sites excluding steroid dienone is 16. The van der Waals surface area contributed by atoms with Crippen LogP contribution in [-0.2, 0) is 42.2 Å². The molecule has 3 unspecified atom stereocenters. The highest BCUT2D eigenvalue weighted by Gasteiger charge is 2.28. The van der Waals surface area contributed by atoms with E-state index >= 15 is 0 Å². The normalized spacial score (nSPS) is 14.2. The highest BCUT2D eigenvalue weighted by molar-refractivity contribution is 7.47. The van der Waals surface area contributed by atoms with Crippen molar-refractivity contribution in [1.29, 1.82) is 0 Å². The maximum absolute atomic E-state index is 12.9. The molecule has 0 saturated heterocycles. The van der Waals surface area contributed by atoms with E-state index in [0.717, 1.165) is 141 Å². The van der Waals surface area contributed by atoms with Gasteiger partial charge >= 0.3 is 25.7 Å². The van der Waals surface area contributed by atoms with Crippen LogP contribution in [-0.4, -0.2) is 66.5 Å². The molecule has 0 aliphatic carbocycles. The summed E-state index contributed by atoms with van der Waals surface area (Å²) in [6.07, 6.45) is 59.4. The Labute approximate surface area is 425 Å². The first-order chi connectivity index (χ1) is 34.2. The van der Waals surface area contributed by atoms with E-state index in [1.807, 2.05) is 0 Å². The van der Waals surface area contributed by atoms with E-state index in [0.29, 0.717) is 19.3 Å². The second-order valence-electron chi connectivity index (χ2n) is 17.6. The molecule has 12 heteroatoms. The molecule has 0 fully saturated rings. The number of hydrogen-bond acceptors (Lipinski definition) is 10. The van der Waals surface area contributed by atoms with Crippen molar-refractivity contribution >= 4 is 25.7 Å². The zero-order valence-electron chi connectivity index (χ0n) is 43.9. The third-order valence-electron chi connectivity index (χ3n) is 11.0. The Hall–Kier alpha value is -3.60. The average Bonchev–Trinajstić information content (AvgIpc) is 3.35. The van der Waals surface area contributed by atoms with Crippen molar-refractivity contribution in [3.8, 4) is 0 Å². The van der Waals surface area contributed by atoms with Crippen molar-refractivity contribution in [1.82, 2.24) is 0 Å². The highest BCUT2D eigenvalue weighted by atomic mass is 31.2. The Bertz CT molecular complexity index is 1540. The van der Waals surface area contributed by atoms with Gasteiger partial charge in [-0.25, -0.2) is 4.57 Å². The SMILES string of the molecule is CC/C=C\C/C=C\C/C=C\CCCCCCCCCC(=O)OCC(COP(=O)(O)OCC(CO)OC(=O)CCCCCCC/C=C\C/C=C\CCC)OC(=O)CCCCC/C=C\C/C=C\C/C=C\CC. The maximum Gasteiger partial charge on any atom is 0.472 e. The summed E-state index contributed by atoms with van der Waals surface area (Å²) in [6.45, 7) is 4.27. The Kier molecular flexibility index (Phi) is 49.1. The van der Waals surface area contributed by atoms with Gasteiger partial charge in [-0.05, 0) is 109 Å². The van der Waals surface area contributed by atoms with E-state index in [1.54, 1.807) is 0 Å². The topological polar surface area (TPSA) is 155 Å². The first kappa shape index (κ1) is 66.4. The molecule has 0 aliphatic rings. The summed E-state index contributed by atoms with van der Waals surface area (Å²) >= 11 is 0. The molecule has 70 heavy (non-hydrogen) atoms. The molecule has 0 saturated carbocycles. The lowest BCUT2D eigenvalue weighted by molar-refractivity contribution is -0.161. The van der Waals surface area contributed by atoms with Gasteiger partial charge in [0.2, 0.25) is 0 Å². The van der Waals surface area contributed by atoms with Gasteiger partial charge in [-0.1, -0.05) is 182 Å². The minimum Gasteiger partial charge on any atom is -0.462 e. The fraction of sp³-hybridized carbons (Fsp3) is 0.672. The zero-order valence-corrected chi connectivity index (χ0v) is 44.8. The summed E-state index contributed by atoms with van der Waals surface area (Å²) in [4.78, 5) is 48.4. The molecule has 11 nitrogen and oxygen atoms in total. The fourth-order valence-corrected chi connectivity index (χ4v) is 7.68. The van der Waals surface area contributed by atoms with E-state index in [4.69, 9.17) is 23.3 Å². The highest BCUT2D eigenvalue weighted by Crippen LogP contribution is 2.43. The van der Waals surface area contributed by atoms with Gasteiger partial charge in [-0.2, -0.15) is 0 Å². The van der Waals surface area contributed by atoms with Gasteiger partial charge in [0.1, 0.15) is 12.7 Å². The van der Waals surface area contributed by atoms with Crippen LogP contribution in [0.3, 0.4) is 0 Å². The van der Waals surface area contributed by atoms with Crippen LogP contribution in [0.2, 0.25) is 0 Å². The second-order valence-corrected chi connectivity index (χ2v) is 19.1. The number of hydrogen-bond donors (Lipinski definition) is 2. The standard InChI is InChI=1S/C58H97O11P/c1-4-7-10-13-16-19-22-25-26-27-28-31-32-35-38-41-44-47-56(60)65-51-55(69-58(62)49-46-43-40-37-34-30-24-21-18-15-12-9-6-3)53-67-70(63,64)66-52-54(50-59)68-57(61)48-45-42-39-36-33-29-23-20-17-14-11-8-5-2/h7,9-12,14,16,18-21,23,25-26,30,34,54-55,59H,4-6,8,13,15,17,22,24,27-29,31-33,35-53H2,1-3H3,(H,63,64)/b10-7-,12-9-,14-11-,19-16-,21-18-,23-20-,26-25-,34-30-. The summed E-state index contributed by atoms with van der Waals surface area (Å²) < 4.78 is 39.4. The summed E-state index contributed by atoms with van der Waals surface area (Å²) in [5.41, 5.74) is 0.